The predicted octanol–water partition coefficient (Wildman–Crippen LogP) is 5.74. The number of hydrogen-bond donors (Lipinski definition) is 0. The Morgan fingerprint density at radius 3 is 2.39 bits per heavy atom. The first kappa shape index (κ1) is 15.3. The lowest BCUT2D eigenvalue weighted by molar-refractivity contribution is 0.150. The lowest BCUT2D eigenvalue weighted by atomic mass is 9.76. The van der Waals surface area contributed by atoms with Crippen LogP contribution in [0.4, 0.5) is 4.39 Å². The highest BCUT2D eigenvalue weighted by Crippen LogP contribution is 2.80. The molecule has 118 valence electrons. The van der Waals surface area contributed by atoms with Gasteiger partial charge in [-0.15, -0.1) is 0 Å². The standard InChI is InChI=1S/C19H18FOPS/c1-13-17(14-6-4-3-5-7-14)22(23)12-19(13,2)18(21-22)15-8-10-16(20)11-9-15/h3-11,18H,12H2,1-2H3/t18-,19+,22?/m0/s1. The molecule has 1 saturated heterocycles. The van der Waals surface area contributed by atoms with Crippen LogP contribution in [0.3, 0.4) is 0 Å². The first-order chi connectivity index (χ1) is 10.9. The van der Waals surface area contributed by atoms with E-state index < -0.39 is 6.26 Å². The monoisotopic (exact) mass is 344 g/mol. The van der Waals surface area contributed by atoms with E-state index in [-0.39, 0.29) is 17.3 Å². The topological polar surface area (TPSA) is 9.23 Å². The molecule has 2 heterocycles. The summed E-state index contributed by atoms with van der Waals surface area (Å²) in [5, 5.41) is 1.24. The SMILES string of the molecule is CC1=C(c2ccccc2)P2(=S)C[C@@]1(C)[C@H](c1ccc(F)cc1)O2. The van der Waals surface area contributed by atoms with Crippen LogP contribution in [0.2, 0.25) is 0 Å². The zero-order chi connectivity index (χ0) is 16.2. The van der Waals surface area contributed by atoms with E-state index in [4.69, 9.17) is 16.3 Å². The molecule has 4 rings (SSSR count). The smallest absolute Gasteiger partial charge is 0.123 e. The maximum Gasteiger partial charge on any atom is 0.123 e. The molecule has 0 saturated carbocycles. The molecule has 2 aromatic carbocycles. The Morgan fingerprint density at radius 1 is 1.13 bits per heavy atom. The Kier molecular flexibility index (Phi) is 3.39. The van der Waals surface area contributed by atoms with Crippen LogP contribution >= 0.6 is 6.26 Å². The molecule has 3 atom stereocenters. The van der Waals surface area contributed by atoms with Gasteiger partial charge in [-0.2, -0.15) is 0 Å². The Labute approximate surface area is 141 Å². The molecule has 1 unspecified atom stereocenters. The third-order valence-electron chi connectivity index (χ3n) is 5.16. The molecular formula is C19H18FOPS. The van der Waals surface area contributed by atoms with Gasteiger partial charge in [0.15, 0.2) is 0 Å². The summed E-state index contributed by atoms with van der Waals surface area (Å²) in [6, 6.07) is 17.0. The molecule has 0 aliphatic carbocycles. The molecule has 2 aliphatic heterocycles. The number of benzene rings is 2. The summed E-state index contributed by atoms with van der Waals surface area (Å²) in [6.07, 6.45) is -1.22. The quantitative estimate of drug-likeness (QED) is 0.642. The molecule has 0 radical (unpaired) electrons. The molecule has 0 amide bonds. The van der Waals surface area contributed by atoms with Crippen molar-refractivity contribution in [2.24, 2.45) is 5.41 Å². The van der Waals surface area contributed by atoms with Gasteiger partial charge in [0.1, 0.15) is 5.82 Å². The highest BCUT2D eigenvalue weighted by Gasteiger charge is 2.58. The van der Waals surface area contributed by atoms with Gasteiger partial charge < -0.3 is 4.52 Å². The van der Waals surface area contributed by atoms with Crippen molar-refractivity contribution in [3.05, 3.63) is 77.1 Å². The Morgan fingerprint density at radius 2 is 1.78 bits per heavy atom. The second-order valence-corrected chi connectivity index (χ2v) is 10.7. The molecule has 4 heteroatoms. The summed E-state index contributed by atoms with van der Waals surface area (Å²) < 4.78 is 19.7. The van der Waals surface area contributed by atoms with Gasteiger partial charge in [0.05, 0.1) is 12.4 Å². The average molecular weight is 344 g/mol. The normalized spacial score (nSPS) is 32.6. The lowest BCUT2D eigenvalue weighted by Crippen LogP contribution is -2.25. The van der Waals surface area contributed by atoms with Crippen LogP contribution in [0, 0.1) is 11.2 Å². The second kappa shape index (κ2) is 5.11. The average Bonchev–Trinajstić information content (AvgIpc) is 2.92. The zero-order valence-corrected chi connectivity index (χ0v) is 14.8. The van der Waals surface area contributed by atoms with Gasteiger partial charge in [-0.3, -0.25) is 0 Å². The zero-order valence-electron chi connectivity index (χ0n) is 13.1. The van der Waals surface area contributed by atoms with Crippen LogP contribution in [0.1, 0.15) is 31.1 Å². The highest BCUT2D eigenvalue weighted by molar-refractivity contribution is 8.17. The van der Waals surface area contributed by atoms with Crippen LogP contribution < -0.4 is 0 Å². The summed E-state index contributed by atoms with van der Waals surface area (Å²) >= 11 is 6.02. The van der Waals surface area contributed by atoms with Crippen molar-refractivity contribution in [2.75, 3.05) is 6.16 Å². The molecule has 23 heavy (non-hydrogen) atoms. The molecule has 1 fully saturated rings. The van der Waals surface area contributed by atoms with Crippen LogP contribution in [-0.2, 0) is 16.3 Å². The van der Waals surface area contributed by atoms with Crippen molar-refractivity contribution >= 4 is 23.4 Å². The van der Waals surface area contributed by atoms with E-state index in [1.807, 2.05) is 30.3 Å². The second-order valence-electron chi connectivity index (χ2n) is 6.63. The molecule has 2 bridgehead atoms. The molecule has 0 N–H and O–H groups in total. The summed E-state index contributed by atoms with van der Waals surface area (Å²) in [4.78, 5) is 0. The van der Waals surface area contributed by atoms with Crippen molar-refractivity contribution in [3.63, 3.8) is 0 Å². The van der Waals surface area contributed by atoms with Crippen molar-refractivity contribution in [2.45, 2.75) is 20.0 Å². The summed E-state index contributed by atoms with van der Waals surface area (Å²) in [5.74, 6) is -0.220. The molecule has 0 spiro atoms. The van der Waals surface area contributed by atoms with Crippen LogP contribution in [-0.4, -0.2) is 6.16 Å². The Hall–Kier alpha value is -1.28. The van der Waals surface area contributed by atoms with E-state index in [9.17, 15) is 4.39 Å². The maximum atomic E-state index is 13.2. The van der Waals surface area contributed by atoms with Crippen LogP contribution in [0.25, 0.3) is 5.31 Å². The fraction of sp³-hybridized carbons (Fsp3) is 0.263. The fourth-order valence-electron chi connectivity index (χ4n) is 3.89. The number of halogens is 1. The van der Waals surface area contributed by atoms with Gasteiger partial charge in [0.2, 0.25) is 0 Å². The van der Waals surface area contributed by atoms with Crippen molar-refractivity contribution in [1.82, 2.24) is 0 Å². The van der Waals surface area contributed by atoms with Crippen LogP contribution in [0.15, 0.2) is 60.2 Å². The minimum Gasteiger partial charge on any atom is -0.337 e. The van der Waals surface area contributed by atoms with E-state index in [1.165, 1.54) is 28.6 Å². The molecule has 1 nitrogen and oxygen atoms in total. The van der Waals surface area contributed by atoms with Gasteiger partial charge in [0.25, 0.3) is 0 Å². The third-order valence-corrected chi connectivity index (χ3v) is 9.26. The summed E-state index contributed by atoms with van der Waals surface area (Å²) in [5.41, 5.74) is 3.45. The predicted molar refractivity (Wildman–Crippen MR) is 96.5 cm³/mol. The minimum absolute atomic E-state index is 0.0682. The van der Waals surface area contributed by atoms with E-state index in [2.05, 4.69) is 26.0 Å². The van der Waals surface area contributed by atoms with Gasteiger partial charge in [-0.1, -0.05) is 66.8 Å². The highest BCUT2D eigenvalue weighted by atomic mass is 32.4. The van der Waals surface area contributed by atoms with Gasteiger partial charge >= 0.3 is 0 Å². The van der Waals surface area contributed by atoms with Crippen LogP contribution in [0.5, 0.6) is 0 Å². The van der Waals surface area contributed by atoms with Crippen molar-refractivity contribution < 1.29 is 8.91 Å². The van der Waals surface area contributed by atoms with E-state index in [0.717, 1.165) is 11.7 Å². The van der Waals surface area contributed by atoms with E-state index in [0.29, 0.717) is 0 Å². The summed E-state index contributed by atoms with van der Waals surface area (Å²) in [7, 11) is 0. The molecule has 0 aromatic heterocycles. The number of hydrogen-bond acceptors (Lipinski definition) is 2. The molecule has 2 aliphatic rings. The van der Waals surface area contributed by atoms with Crippen molar-refractivity contribution in [1.29, 1.82) is 0 Å². The first-order valence-electron chi connectivity index (χ1n) is 7.74. The lowest BCUT2D eigenvalue weighted by Gasteiger charge is -2.34. The Balaban J connectivity index is 1.83. The third kappa shape index (κ3) is 2.18. The van der Waals surface area contributed by atoms with Gasteiger partial charge in [-0.25, -0.2) is 4.39 Å². The fourth-order valence-corrected chi connectivity index (χ4v) is 9.29. The summed E-state index contributed by atoms with van der Waals surface area (Å²) in [6.45, 7) is 4.43. The van der Waals surface area contributed by atoms with Gasteiger partial charge in [-0.05, 0) is 30.2 Å². The van der Waals surface area contributed by atoms with Crippen molar-refractivity contribution in [3.8, 4) is 0 Å². The minimum atomic E-state index is -2.04. The van der Waals surface area contributed by atoms with Gasteiger partial charge in [0, 0.05) is 16.9 Å². The number of fused-ring (bicyclic) bond motifs is 2. The largest absolute Gasteiger partial charge is 0.337 e. The maximum absolute atomic E-state index is 13.2. The van der Waals surface area contributed by atoms with E-state index >= 15 is 0 Å². The molecule has 2 aromatic rings. The van der Waals surface area contributed by atoms with E-state index in [1.54, 1.807) is 0 Å². The molecular weight excluding hydrogens is 326 g/mol. The Bertz CT molecular complexity index is 843. The first-order valence-corrected chi connectivity index (χ1v) is 10.6. The number of rotatable bonds is 2.